The Balaban J connectivity index is 1.98. The molecule has 2 aromatic rings. The second-order valence-corrected chi connectivity index (χ2v) is 18.8. The number of carbonyl (C=O) groups excluding carboxylic acids is 2. The third-order valence-corrected chi connectivity index (χ3v) is 12.0. The molecule has 0 N–H and O–H groups in total. The summed E-state index contributed by atoms with van der Waals surface area (Å²) in [4.78, 5) is 45.3. The topological polar surface area (TPSA) is 71.1 Å². The van der Waals surface area contributed by atoms with Crippen LogP contribution in [0.2, 0.25) is 26.2 Å². The van der Waals surface area contributed by atoms with Crippen LogP contribution in [0.3, 0.4) is 0 Å². The maximum atomic E-state index is 12.5. The van der Waals surface area contributed by atoms with Crippen LogP contribution in [-0.4, -0.2) is 28.1 Å². The molecule has 0 amide bonds. The van der Waals surface area contributed by atoms with E-state index in [9.17, 15) is 9.59 Å². The first-order chi connectivity index (χ1) is 17.5. The van der Waals surface area contributed by atoms with Crippen molar-refractivity contribution in [2.75, 3.05) is 0 Å². The first kappa shape index (κ1) is 30.4. The number of unbranched alkanes of at least 4 members (excludes halogenated alkanes) is 3. The molecule has 0 bridgehead atoms. The first-order valence-corrected chi connectivity index (χ1v) is 18.6. The van der Waals surface area contributed by atoms with Crippen LogP contribution in [0.25, 0.3) is 0 Å². The molecule has 0 unspecified atom stereocenters. The lowest BCUT2D eigenvalue weighted by Crippen LogP contribution is -2.39. The van der Waals surface area contributed by atoms with Gasteiger partial charge in [0.25, 0.3) is 0 Å². The Morgan fingerprint density at radius 3 is 1.43 bits per heavy atom. The van der Waals surface area contributed by atoms with Crippen molar-refractivity contribution in [1.29, 1.82) is 0 Å². The number of rotatable bonds is 15. The summed E-state index contributed by atoms with van der Waals surface area (Å²) in [6.07, 6.45) is 3.48. The molecule has 6 nitrogen and oxygen atoms in total. The molecule has 0 saturated carbocycles. The molecule has 2 rings (SSSR count). The fourth-order valence-corrected chi connectivity index (χ4v) is 5.82. The van der Waals surface area contributed by atoms with E-state index in [0.29, 0.717) is 17.5 Å². The van der Waals surface area contributed by atoms with E-state index in [-0.39, 0.29) is 12.7 Å². The SMILES string of the molecule is [CH2]CCCCC[C](OOC(=O)c1ccc([Si](C)(C)C=C)cc1)OOC(=O)c1ccc([Si](C)(C)C=C)cc1. The number of carbonyl (C=O) groups is 2. The number of benzene rings is 2. The van der Waals surface area contributed by atoms with Crippen LogP contribution in [-0.2, 0) is 19.6 Å². The lowest BCUT2D eigenvalue weighted by atomic mass is 10.1. The normalized spacial score (nSPS) is 11.7. The van der Waals surface area contributed by atoms with Crippen LogP contribution in [0.15, 0.2) is 73.1 Å². The zero-order chi connectivity index (χ0) is 27.5. The molecule has 0 aliphatic heterocycles. The standard InChI is InChI=1S/C29H38O6Si2/c1-8-11-12-13-14-27(32-34-28(30)23-15-19-25(20-16-23)36(4,5)9-2)33-35-29(31)24-17-21-26(22-18-24)37(6,7)10-3/h9-10,15-22H,1-3,8,11-14H2,4-7H3. The highest BCUT2D eigenvalue weighted by molar-refractivity contribution is 6.94. The molecule has 0 atom stereocenters. The summed E-state index contributed by atoms with van der Waals surface area (Å²) in [6.45, 7) is 20.3. The lowest BCUT2D eigenvalue weighted by Gasteiger charge is -2.18. The van der Waals surface area contributed by atoms with Crippen LogP contribution in [0.4, 0.5) is 0 Å². The molecule has 2 radical (unpaired) electrons. The first-order valence-electron chi connectivity index (χ1n) is 12.4. The van der Waals surface area contributed by atoms with Crippen molar-refractivity contribution in [3.8, 4) is 0 Å². The van der Waals surface area contributed by atoms with Gasteiger partial charge in [0.15, 0.2) is 0 Å². The van der Waals surface area contributed by atoms with Crippen LogP contribution in [0.5, 0.6) is 0 Å². The Bertz CT molecular complexity index is 966. The van der Waals surface area contributed by atoms with Gasteiger partial charge in [-0.3, -0.25) is 9.78 Å². The molecule has 0 saturated heterocycles. The monoisotopic (exact) mass is 538 g/mol. The summed E-state index contributed by atoms with van der Waals surface area (Å²) in [5.41, 5.74) is 4.63. The molecule has 0 heterocycles. The zero-order valence-electron chi connectivity index (χ0n) is 22.4. The third kappa shape index (κ3) is 9.23. The average molecular weight is 539 g/mol. The van der Waals surface area contributed by atoms with Crippen molar-refractivity contribution in [2.45, 2.75) is 58.3 Å². The third-order valence-electron chi connectivity index (χ3n) is 6.30. The van der Waals surface area contributed by atoms with Crippen LogP contribution >= 0.6 is 0 Å². The maximum Gasteiger partial charge on any atom is 0.373 e. The summed E-state index contributed by atoms with van der Waals surface area (Å²) in [7, 11) is -3.47. The lowest BCUT2D eigenvalue weighted by molar-refractivity contribution is -0.363. The summed E-state index contributed by atoms with van der Waals surface area (Å²) in [5, 5.41) is 2.30. The van der Waals surface area contributed by atoms with Crippen molar-refractivity contribution < 1.29 is 29.1 Å². The van der Waals surface area contributed by atoms with Gasteiger partial charge in [-0.1, -0.05) is 98.4 Å². The molecular formula is C29H38O6Si2. The predicted molar refractivity (Wildman–Crippen MR) is 152 cm³/mol. The van der Waals surface area contributed by atoms with Gasteiger partial charge in [0, 0.05) is 6.42 Å². The molecule has 198 valence electrons. The average Bonchev–Trinajstić information content (AvgIpc) is 2.91. The molecule has 2 aromatic carbocycles. The maximum absolute atomic E-state index is 12.5. The van der Waals surface area contributed by atoms with E-state index in [4.69, 9.17) is 19.6 Å². The van der Waals surface area contributed by atoms with Gasteiger partial charge in [-0.25, -0.2) is 9.59 Å². The Labute approximate surface area is 223 Å². The Morgan fingerprint density at radius 1 is 0.676 bits per heavy atom. The molecule has 8 heteroatoms. The van der Waals surface area contributed by atoms with E-state index in [1.807, 2.05) is 35.7 Å². The summed E-state index contributed by atoms with van der Waals surface area (Å²) in [6, 6.07) is 14.4. The second-order valence-electron chi connectivity index (χ2n) is 9.95. The summed E-state index contributed by atoms with van der Waals surface area (Å²) < 4.78 is 0. The van der Waals surface area contributed by atoms with Gasteiger partial charge in [0.2, 0.25) is 0 Å². The minimum absolute atomic E-state index is 0.112. The van der Waals surface area contributed by atoms with Crippen LogP contribution in [0, 0.1) is 13.2 Å². The Kier molecular flexibility index (Phi) is 11.7. The predicted octanol–water partition coefficient (Wildman–Crippen LogP) is 6.12. The molecule has 0 aliphatic rings. The highest BCUT2D eigenvalue weighted by Gasteiger charge is 2.24. The van der Waals surface area contributed by atoms with E-state index in [1.165, 1.54) is 0 Å². The van der Waals surface area contributed by atoms with Gasteiger partial charge >= 0.3 is 18.2 Å². The van der Waals surface area contributed by atoms with Crippen molar-refractivity contribution in [2.24, 2.45) is 0 Å². The summed E-state index contributed by atoms with van der Waals surface area (Å²) >= 11 is 0. The Hall–Kier alpha value is -2.79. The molecule has 0 fully saturated rings. The Morgan fingerprint density at radius 2 is 1.08 bits per heavy atom. The van der Waals surface area contributed by atoms with Gasteiger partial charge in [-0.15, -0.1) is 22.9 Å². The highest BCUT2D eigenvalue weighted by atomic mass is 28.3. The summed E-state index contributed by atoms with van der Waals surface area (Å²) in [5.74, 6) is -1.36. The van der Waals surface area contributed by atoms with Crippen molar-refractivity contribution >= 4 is 38.5 Å². The molecule has 0 spiro atoms. The van der Waals surface area contributed by atoms with E-state index in [0.717, 1.165) is 29.6 Å². The van der Waals surface area contributed by atoms with Crippen LogP contribution < -0.4 is 10.4 Å². The zero-order valence-corrected chi connectivity index (χ0v) is 24.4. The molecular weight excluding hydrogens is 500 g/mol. The van der Waals surface area contributed by atoms with Gasteiger partial charge < -0.3 is 0 Å². The van der Waals surface area contributed by atoms with Gasteiger partial charge in [-0.05, 0) is 30.7 Å². The van der Waals surface area contributed by atoms with Gasteiger partial charge in [-0.2, -0.15) is 0 Å². The molecule has 0 aliphatic carbocycles. The van der Waals surface area contributed by atoms with Crippen molar-refractivity contribution in [3.63, 3.8) is 0 Å². The van der Waals surface area contributed by atoms with E-state index in [2.05, 4.69) is 46.3 Å². The minimum Gasteiger partial charge on any atom is -0.289 e. The van der Waals surface area contributed by atoms with Crippen molar-refractivity contribution in [1.82, 2.24) is 0 Å². The van der Waals surface area contributed by atoms with E-state index >= 15 is 0 Å². The molecule has 0 aromatic heterocycles. The minimum atomic E-state index is -1.73. The fraction of sp³-hybridized carbons (Fsp3) is 0.310. The van der Waals surface area contributed by atoms with Gasteiger partial charge in [0.1, 0.15) is 16.1 Å². The van der Waals surface area contributed by atoms with Gasteiger partial charge in [0.05, 0.1) is 11.1 Å². The number of hydrogen-bond donors (Lipinski definition) is 0. The smallest absolute Gasteiger partial charge is 0.289 e. The number of hydrogen-bond acceptors (Lipinski definition) is 6. The van der Waals surface area contributed by atoms with E-state index in [1.54, 1.807) is 24.3 Å². The van der Waals surface area contributed by atoms with Crippen molar-refractivity contribution in [3.05, 3.63) is 97.4 Å². The molecule has 37 heavy (non-hydrogen) atoms. The quantitative estimate of drug-likeness (QED) is 0.118. The largest absolute Gasteiger partial charge is 0.373 e. The second kappa shape index (κ2) is 14.2. The highest BCUT2D eigenvalue weighted by Crippen LogP contribution is 2.19. The van der Waals surface area contributed by atoms with E-state index < -0.39 is 28.1 Å². The van der Waals surface area contributed by atoms with Crippen LogP contribution in [0.1, 0.15) is 52.8 Å². The fourth-order valence-electron chi connectivity index (χ4n) is 3.29.